The maximum atomic E-state index is 12.1. The van der Waals surface area contributed by atoms with E-state index >= 15 is 0 Å². The van der Waals surface area contributed by atoms with E-state index in [0.717, 1.165) is 0 Å². The Morgan fingerprint density at radius 2 is 1.57 bits per heavy atom. The number of aromatic hydroxyl groups is 1. The zero-order valence-corrected chi connectivity index (χ0v) is 14.9. The smallest absolute Gasteiger partial charge is 0.178 e. The van der Waals surface area contributed by atoms with E-state index in [1.165, 1.54) is 36.4 Å². The minimum atomic E-state index is -3.40. The van der Waals surface area contributed by atoms with Gasteiger partial charge in [-0.05, 0) is 30.7 Å². The van der Waals surface area contributed by atoms with Crippen molar-refractivity contribution in [2.24, 2.45) is 0 Å². The van der Waals surface area contributed by atoms with E-state index in [0.29, 0.717) is 5.02 Å². The van der Waals surface area contributed by atoms with Crippen LogP contribution in [0.15, 0.2) is 41.3 Å². The second-order valence-electron chi connectivity index (χ2n) is 4.71. The maximum Gasteiger partial charge on any atom is 0.178 e. The second kappa shape index (κ2) is 7.62. The van der Waals surface area contributed by atoms with Crippen LogP contribution >= 0.6 is 34.8 Å². The van der Waals surface area contributed by atoms with Crippen molar-refractivity contribution in [2.45, 2.75) is 11.3 Å². The van der Waals surface area contributed by atoms with Crippen molar-refractivity contribution >= 4 is 44.6 Å². The summed E-state index contributed by atoms with van der Waals surface area (Å²) in [6.07, 6.45) is 0.262. The number of benzene rings is 2. The minimum Gasteiger partial charge on any atom is -0.508 e. The summed E-state index contributed by atoms with van der Waals surface area (Å²) in [5, 5.41) is 10.1. The fourth-order valence-corrected chi connectivity index (χ4v) is 3.86. The molecule has 0 saturated carbocycles. The first kappa shape index (κ1) is 18.2. The van der Waals surface area contributed by atoms with Crippen molar-refractivity contribution in [1.82, 2.24) is 0 Å². The molecular weight excluding hydrogens is 383 g/mol. The molecule has 0 unspecified atom stereocenters. The summed E-state index contributed by atoms with van der Waals surface area (Å²) in [7, 11) is -3.40. The predicted octanol–water partition coefficient (Wildman–Crippen LogP) is 4.60. The highest BCUT2D eigenvalue weighted by atomic mass is 35.5. The van der Waals surface area contributed by atoms with Crippen molar-refractivity contribution in [1.29, 1.82) is 0 Å². The van der Waals surface area contributed by atoms with Gasteiger partial charge in [0, 0.05) is 17.2 Å². The Morgan fingerprint density at radius 1 is 1.00 bits per heavy atom. The van der Waals surface area contributed by atoms with Crippen LogP contribution in [-0.2, 0) is 9.84 Å². The lowest BCUT2D eigenvalue weighted by Gasteiger charge is -2.10. The lowest BCUT2D eigenvalue weighted by molar-refractivity contribution is 0.317. The van der Waals surface area contributed by atoms with Gasteiger partial charge in [0.25, 0.3) is 0 Å². The fraction of sp³-hybridized carbons (Fsp3) is 0.200. The minimum absolute atomic E-state index is 0.0716. The summed E-state index contributed by atoms with van der Waals surface area (Å²) in [4.78, 5) is 0.211. The molecule has 1 N–H and O–H groups in total. The van der Waals surface area contributed by atoms with E-state index in [1.54, 1.807) is 0 Å². The third-order valence-electron chi connectivity index (χ3n) is 2.96. The standard InChI is InChI=1S/C15H13Cl3O4S/c16-10-2-4-12(5-3-10)23(20,21)7-1-6-22-15-13(17)8-11(19)9-14(15)18/h2-5,8-9,19H,1,6-7H2. The van der Waals surface area contributed by atoms with Gasteiger partial charge in [-0.3, -0.25) is 0 Å². The van der Waals surface area contributed by atoms with Gasteiger partial charge in [0.15, 0.2) is 15.6 Å². The van der Waals surface area contributed by atoms with Crippen molar-refractivity contribution < 1.29 is 18.3 Å². The normalized spacial score (nSPS) is 11.4. The van der Waals surface area contributed by atoms with Gasteiger partial charge in [0.1, 0.15) is 5.75 Å². The van der Waals surface area contributed by atoms with E-state index < -0.39 is 9.84 Å². The van der Waals surface area contributed by atoms with Crippen LogP contribution in [0.5, 0.6) is 11.5 Å². The first-order valence-electron chi connectivity index (χ1n) is 6.59. The van der Waals surface area contributed by atoms with Gasteiger partial charge in [-0.1, -0.05) is 34.8 Å². The van der Waals surface area contributed by atoms with Crippen LogP contribution in [0.25, 0.3) is 0 Å². The fourth-order valence-electron chi connectivity index (χ4n) is 1.87. The molecule has 0 bridgehead atoms. The molecule has 124 valence electrons. The predicted molar refractivity (Wildman–Crippen MR) is 91.7 cm³/mol. The summed E-state index contributed by atoms with van der Waals surface area (Å²) >= 11 is 17.6. The molecule has 0 amide bonds. The van der Waals surface area contributed by atoms with Crippen LogP contribution in [0.3, 0.4) is 0 Å². The average molecular weight is 396 g/mol. The highest BCUT2D eigenvalue weighted by Gasteiger charge is 2.15. The van der Waals surface area contributed by atoms with Crippen LogP contribution in [0, 0.1) is 0 Å². The molecule has 2 aromatic rings. The van der Waals surface area contributed by atoms with E-state index in [4.69, 9.17) is 39.5 Å². The highest BCUT2D eigenvalue weighted by molar-refractivity contribution is 7.91. The Hall–Kier alpha value is -1.14. The molecule has 0 fully saturated rings. The van der Waals surface area contributed by atoms with E-state index in [1.807, 2.05) is 0 Å². The number of hydrogen-bond acceptors (Lipinski definition) is 4. The number of sulfone groups is 1. The zero-order chi connectivity index (χ0) is 17.0. The largest absolute Gasteiger partial charge is 0.508 e. The Kier molecular flexibility index (Phi) is 6.03. The molecule has 0 atom stereocenters. The van der Waals surface area contributed by atoms with Crippen LogP contribution in [0.4, 0.5) is 0 Å². The Bertz CT molecular complexity index is 766. The number of halogens is 3. The molecule has 2 aromatic carbocycles. The summed E-state index contributed by atoms with van der Waals surface area (Å²) < 4.78 is 29.7. The van der Waals surface area contributed by atoms with Crippen molar-refractivity contribution in [3.8, 4) is 11.5 Å². The molecule has 0 aliphatic rings. The van der Waals surface area contributed by atoms with Crippen LogP contribution < -0.4 is 4.74 Å². The third-order valence-corrected chi connectivity index (χ3v) is 5.59. The van der Waals surface area contributed by atoms with Gasteiger partial charge in [-0.25, -0.2) is 8.42 Å². The Balaban J connectivity index is 1.94. The maximum absolute atomic E-state index is 12.1. The van der Waals surface area contributed by atoms with Crippen LogP contribution in [-0.4, -0.2) is 25.9 Å². The molecule has 2 rings (SSSR count). The molecule has 0 aliphatic carbocycles. The topological polar surface area (TPSA) is 63.6 Å². The lowest BCUT2D eigenvalue weighted by Crippen LogP contribution is -2.10. The lowest BCUT2D eigenvalue weighted by atomic mass is 10.3. The number of phenols is 1. The van der Waals surface area contributed by atoms with Gasteiger partial charge in [0.2, 0.25) is 0 Å². The summed E-state index contributed by atoms with van der Waals surface area (Å²) in [5.74, 6) is 0.0646. The number of phenolic OH excluding ortho intramolecular Hbond substituents is 1. The first-order valence-corrected chi connectivity index (χ1v) is 9.37. The monoisotopic (exact) mass is 394 g/mol. The van der Waals surface area contributed by atoms with Gasteiger partial charge in [0.05, 0.1) is 27.3 Å². The third kappa shape index (κ3) is 4.91. The molecule has 23 heavy (non-hydrogen) atoms. The van der Waals surface area contributed by atoms with Gasteiger partial charge in [-0.2, -0.15) is 0 Å². The molecular formula is C15H13Cl3O4S. The number of hydrogen-bond donors (Lipinski definition) is 1. The second-order valence-corrected chi connectivity index (χ2v) is 8.07. The van der Waals surface area contributed by atoms with Crippen molar-refractivity contribution in [3.05, 3.63) is 51.5 Å². The van der Waals surface area contributed by atoms with Crippen LogP contribution in [0.2, 0.25) is 15.1 Å². The summed E-state index contributed by atoms with van der Waals surface area (Å²) in [6, 6.07) is 8.58. The zero-order valence-electron chi connectivity index (χ0n) is 11.8. The molecule has 0 heterocycles. The van der Waals surface area contributed by atoms with Gasteiger partial charge in [-0.15, -0.1) is 0 Å². The van der Waals surface area contributed by atoms with Crippen molar-refractivity contribution in [3.63, 3.8) is 0 Å². The SMILES string of the molecule is O=S(=O)(CCCOc1c(Cl)cc(O)cc1Cl)c1ccc(Cl)cc1. The van der Waals surface area contributed by atoms with Crippen molar-refractivity contribution in [2.75, 3.05) is 12.4 Å². The number of ether oxygens (including phenoxy) is 1. The van der Waals surface area contributed by atoms with E-state index in [9.17, 15) is 13.5 Å². The molecule has 0 aromatic heterocycles. The first-order chi connectivity index (χ1) is 10.8. The van der Waals surface area contributed by atoms with Gasteiger partial charge >= 0.3 is 0 Å². The summed E-state index contributed by atoms with van der Waals surface area (Å²) in [5.41, 5.74) is 0. The van der Waals surface area contributed by atoms with Gasteiger partial charge < -0.3 is 9.84 Å². The molecule has 0 spiro atoms. The summed E-state index contributed by atoms with van der Waals surface area (Å²) in [6.45, 7) is 0.122. The Morgan fingerprint density at radius 3 is 2.13 bits per heavy atom. The molecule has 0 radical (unpaired) electrons. The molecule has 8 heteroatoms. The van der Waals surface area contributed by atoms with Crippen LogP contribution in [0.1, 0.15) is 6.42 Å². The van der Waals surface area contributed by atoms with E-state index in [2.05, 4.69) is 0 Å². The molecule has 0 saturated heterocycles. The average Bonchev–Trinajstić information content (AvgIpc) is 2.45. The van der Waals surface area contributed by atoms with E-state index in [-0.39, 0.29) is 45.2 Å². The number of rotatable bonds is 6. The highest BCUT2D eigenvalue weighted by Crippen LogP contribution is 2.36. The Labute approximate surface area is 149 Å². The quantitative estimate of drug-likeness (QED) is 0.726. The molecule has 4 nitrogen and oxygen atoms in total. The molecule has 0 aliphatic heterocycles.